The third kappa shape index (κ3) is 18.3. The average Bonchev–Trinajstić information content (AvgIpc) is 3.28. The Labute approximate surface area is 407 Å². The summed E-state index contributed by atoms with van der Waals surface area (Å²) in [6.07, 6.45) is 0. The summed E-state index contributed by atoms with van der Waals surface area (Å²) in [5, 5.41) is 0. The first-order chi connectivity index (χ1) is 29.9. The van der Waals surface area contributed by atoms with E-state index in [0.717, 1.165) is 0 Å². The fourth-order valence-electron chi connectivity index (χ4n) is 3.83. The van der Waals surface area contributed by atoms with Gasteiger partial charge in [-0.05, 0) is 39.3 Å². The van der Waals surface area contributed by atoms with Crippen LogP contribution in [0.1, 0.15) is 0 Å². The van der Waals surface area contributed by atoms with Crippen LogP contribution in [-0.2, 0) is 129 Å². The smallest absolute Gasteiger partial charge is 0.381 e. The number of hydrogen-bond donors (Lipinski definition) is 0. The standard InChI is InChI=1S/C6H22O29Si31/c1-37(2)34-36-39(7)40(8)41(9)42(10)43(11)44(12)45(13)46(14)47(15)48(16)49(17)50(18)51(19)52(20)53(21)54(22)55(23)56(24)57(25)58(26)59(27)60(28)61(29)62(30)63(31)64(32)65(33)66(5,6)35-38(3)4/h37-38H,36H2,1-6H3. The second kappa shape index (κ2) is 29.8. The van der Waals surface area contributed by atoms with Crippen molar-refractivity contribution in [2.45, 2.75) is 39.3 Å². The lowest BCUT2D eigenvalue weighted by Crippen LogP contribution is -2.58. The van der Waals surface area contributed by atoms with Crippen molar-refractivity contribution in [2.24, 2.45) is 0 Å². The lowest BCUT2D eigenvalue weighted by atomic mass is 11.9. The average molecular weight is 1430 g/mol. The van der Waals surface area contributed by atoms with Gasteiger partial charge in [-0.15, -0.1) is 0 Å². The van der Waals surface area contributed by atoms with E-state index in [0.29, 0.717) is 0 Å². The molecule has 0 saturated heterocycles. The molecule has 0 heterocycles. The van der Waals surface area contributed by atoms with Gasteiger partial charge in [-0.3, -0.25) is 0 Å². The molecule has 0 aromatic rings. The minimum Gasteiger partial charge on any atom is -0.460 e. The summed E-state index contributed by atoms with van der Waals surface area (Å²) in [4.78, 5) is 0. The molecule has 0 radical (unpaired) electrons. The van der Waals surface area contributed by atoms with Crippen LogP contribution in [0, 0.1) is 0 Å². The SMILES string of the molecule is C[SiH](C)O[SiH2][Si](=O)[Si](=O)[Si](=O)[Si](=O)[Si](=O)[Si](=O)[Si](=O)[Si](=O)[Si](=O)[Si](=O)[Si](=O)[Si](=O)[Si](=O)[Si](=O)[Si](=O)[Si](=O)[Si](=O)[Si](=O)[Si](=O)[Si](=O)[Si](=O)[Si](=O)[Si](=O)[Si](=O)[Si](=O)[Si](=O)[Si](=O)[Si](C)(C)O[SiH](C)C. The van der Waals surface area contributed by atoms with Crippen molar-refractivity contribution in [1.82, 2.24) is 0 Å². The third-order valence-corrected chi connectivity index (χ3v) is 240. The molecule has 0 aliphatic heterocycles. The van der Waals surface area contributed by atoms with E-state index >= 15 is 0 Å². The summed E-state index contributed by atoms with van der Waals surface area (Å²) in [5.41, 5.74) is 0. The molecule has 0 atom stereocenters. The van der Waals surface area contributed by atoms with Gasteiger partial charge in [0.1, 0.15) is 0 Å². The van der Waals surface area contributed by atoms with Crippen molar-refractivity contribution in [3.8, 4) is 0 Å². The van der Waals surface area contributed by atoms with Gasteiger partial charge in [-0.25, -0.2) is 0 Å². The van der Waals surface area contributed by atoms with Gasteiger partial charge in [-0.1, -0.05) is 0 Å². The summed E-state index contributed by atoms with van der Waals surface area (Å²) in [6.45, 7) is 9.40. The van der Waals surface area contributed by atoms with Crippen LogP contribution >= 0.6 is 0 Å². The molecule has 0 spiro atoms. The first-order valence-electron chi connectivity index (χ1n) is 16.9. The minimum absolute atomic E-state index is 1.37. The lowest BCUT2D eigenvalue weighted by molar-refractivity contribution is 0.531. The van der Waals surface area contributed by atoms with Gasteiger partial charge in [0.2, 0.25) is 17.1 Å². The van der Waals surface area contributed by atoms with Gasteiger partial charge >= 0.3 is 208 Å². The largest absolute Gasteiger partial charge is 0.460 e. The Bertz CT molecular complexity index is 2620. The molecule has 0 N–H and O–H groups in total. The van der Waals surface area contributed by atoms with Crippen LogP contribution in [-0.4, -0.2) is 244 Å². The first-order valence-corrected chi connectivity index (χ1v) is 93.3. The Balaban J connectivity index is 5.87. The van der Waals surface area contributed by atoms with E-state index in [-0.39, 0.29) is 0 Å². The zero-order valence-electron chi connectivity index (χ0n) is 33.7. The van der Waals surface area contributed by atoms with Crippen molar-refractivity contribution in [1.29, 1.82) is 0 Å². The van der Waals surface area contributed by atoms with E-state index in [4.69, 9.17) is 8.23 Å². The van der Waals surface area contributed by atoms with Crippen LogP contribution in [0.15, 0.2) is 0 Å². The Morgan fingerprint density at radius 2 is 0.439 bits per heavy atom. The summed E-state index contributed by atoms with van der Waals surface area (Å²) in [6, 6.07) is 0. The summed E-state index contributed by atoms with van der Waals surface area (Å²) >= 11 is 0. The maximum atomic E-state index is 12.8. The zero-order valence-corrected chi connectivity index (χ0v) is 65.4. The highest BCUT2D eigenvalue weighted by atomic mass is 30.1. The summed E-state index contributed by atoms with van der Waals surface area (Å²) in [7, 11) is -125. The van der Waals surface area contributed by atoms with Crippen LogP contribution in [0.5, 0.6) is 0 Å². The van der Waals surface area contributed by atoms with Gasteiger partial charge in [0, 0.05) is 0 Å². The van der Waals surface area contributed by atoms with E-state index in [9.17, 15) is 120 Å². The highest BCUT2D eigenvalue weighted by Crippen LogP contribution is 2.07. The molecule has 60 heteroatoms. The fraction of sp³-hybridized carbons (Fsp3) is 1.00. The van der Waals surface area contributed by atoms with Crippen LogP contribution in [0.3, 0.4) is 0 Å². The predicted molar refractivity (Wildman–Crippen MR) is 240 cm³/mol. The minimum atomic E-state index is -4.65. The van der Waals surface area contributed by atoms with Crippen LogP contribution in [0.25, 0.3) is 0 Å². The second-order valence-corrected chi connectivity index (χ2v) is 161. The molecule has 344 valence electrons. The molecule has 0 bridgehead atoms. The molecule has 0 aliphatic carbocycles. The van der Waals surface area contributed by atoms with Crippen LogP contribution in [0.2, 0.25) is 39.3 Å². The second-order valence-electron chi connectivity index (χ2n) is 13.0. The fourth-order valence-corrected chi connectivity index (χ4v) is 350. The highest BCUT2D eigenvalue weighted by Gasteiger charge is 2.58. The molecule has 29 nitrogen and oxygen atoms in total. The number of rotatable bonds is 32. The van der Waals surface area contributed by atoms with Crippen molar-refractivity contribution in [2.75, 3.05) is 0 Å². The van der Waals surface area contributed by atoms with Crippen LogP contribution < -0.4 is 0 Å². The normalized spacial score (nSPS) is 10.7. The molecule has 0 saturated carbocycles. The molecule has 0 amide bonds. The molecular weight excluding hydrogens is 1410 g/mol. The van der Waals surface area contributed by atoms with Gasteiger partial charge in [-0.2, -0.15) is 0 Å². The molecule has 0 aliphatic rings. The van der Waals surface area contributed by atoms with E-state index in [2.05, 4.69) is 0 Å². The van der Waals surface area contributed by atoms with Crippen molar-refractivity contribution >= 4 is 244 Å². The highest BCUT2D eigenvalue weighted by molar-refractivity contribution is 7.84. The molecule has 0 rings (SSSR count). The van der Waals surface area contributed by atoms with Crippen molar-refractivity contribution in [3.05, 3.63) is 0 Å². The molecular formula is C6H22O29Si31. The Kier molecular flexibility index (Phi) is 30.4. The summed E-state index contributed by atoms with van der Waals surface area (Å²) < 4.78 is 352. The molecule has 0 fully saturated rings. The maximum absolute atomic E-state index is 12.8. The van der Waals surface area contributed by atoms with E-state index < -0.39 is 244 Å². The Morgan fingerprint density at radius 3 is 0.606 bits per heavy atom. The predicted octanol–water partition coefficient (Wildman–Crippen LogP) is -12.7. The monoisotopic (exact) mass is 1430 g/mol. The third-order valence-electron chi connectivity index (χ3n) is 7.03. The van der Waals surface area contributed by atoms with Gasteiger partial charge in [0.15, 0.2) is 18.1 Å². The first kappa shape index (κ1) is 67.2. The van der Waals surface area contributed by atoms with Gasteiger partial charge in [0.25, 0.3) is 0 Å². The Morgan fingerprint density at radius 1 is 0.273 bits per heavy atom. The molecule has 0 aromatic carbocycles. The zero-order chi connectivity index (χ0) is 52.4. The van der Waals surface area contributed by atoms with Crippen LogP contribution in [0.4, 0.5) is 0 Å². The lowest BCUT2D eigenvalue weighted by Gasteiger charge is -2.21. The van der Waals surface area contributed by atoms with Gasteiger partial charge in [0.05, 0.1) is 0 Å². The maximum Gasteiger partial charge on any atom is 0.381 e. The van der Waals surface area contributed by atoms with Crippen molar-refractivity contribution in [3.63, 3.8) is 0 Å². The Hall–Kier alpha value is 1.24. The summed E-state index contributed by atoms with van der Waals surface area (Å²) in [5.74, 6) is 0. The molecule has 66 heavy (non-hydrogen) atoms. The van der Waals surface area contributed by atoms with E-state index in [1.807, 2.05) is 0 Å². The number of hydrogen-bond acceptors (Lipinski definition) is 29. The topological polar surface area (TPSA) is 479 Å². The molecule has 0 unspecified atom stereocenters. The van der Waals surface area contributed by atoms with E-state index in [1.165, 1.54) is 13.1 Å². The van der Waals surface area contributed by atoms with E-state index in [1.54, 1.807) is 26.2 Å². The van der Waals surface area contributed by atoms with Gasteiger partial charge < -0.3 is 129 Å². The van der Waals surface area contributed by atoms with Crippen molar-refractivity contribution < 1.29 is 129 Å². The quantitative estimate of drug-likeness (QED) is 0.0564. The molecule has 0 aromatic heterocycles.